The van der Waals surface area contributed by atoms with Gasteiger partial charge in [0.2, 0.25) is 0 Å². The molecular weight excluding hydrogens is 172 g/mol. The maximum atomic E-state index is 12.1. The molecule has 0 heterocycles. The number of Topliss-reactive ketones (excluding diaryl/α,β-unsaturated/α-hetero) is 1. The van der Waals surface area contributed by atoms with Gasteiger partial charge in [0.1, 0.15) is 5.78 Å². The Balaban J connectivity index is 4.51. The van der Waals surface area contributed by atoms with Gasteiger partial charge in [-0.05, 0) is 18.3 Å². The third-order valence-corrected chi connectivity index (χ3v) is 2.46. The normalized spacial score (nSPS) is 15.4. The minimum Gasteiger partial charge on any atom is -0.299 e. The third kappa shape index (κ3) is 4.78. The number of rotatable bonds is 3. The van der Waals surface area contributed by atoms with E-state index in [1.165, 1.54) is 0 Å². The fourth-order valence-electron chi connectivity index (χ4n) is 1.77. The molecule has 0 aromatic rings. The molecule has 0 aliphatic carbocycles. The van der Waals surface area contributed by atoms with Crippen molar-refractivity contribution >= 4 is 5.78 Å². The Kier molecular flexibility index (Phi) is 4.35. The maximum absolute atomic E-state index is 12.1. The van der Waals surface area contributed by atoms with Gasteiger partial charge in [-0.15, -0.1) is 0 Å². The smallest absolute Gasteiger partial charge is 0.141 e. The second-order valence-electron chi connectivity index (χ2n) is 6.48. The molecule has 0 fully saturated rings. The first-order valence-electron chi connectivity index (χ1n) is 5.62. The summed E-state index contributed by atoms with van der Waals surface area (Å²) in [4.78, 5) is 12.1. The molecule has 0 unspecified atom stereocenters. The van der Waals surface area contributed by atoms with Crippen LogP contribution in [0.1, 0.15) is 61.3 Å². The Labute approximate surface area is 89.3 Å². The van der Waals surface area contributed by atoms with Crippen LogP contribution in [0.4, 0.5) is 0 Å². The molecule has 0 N–H and O–H groups in total. The molecular formula is C13H26O. The van der Waals surface area contributed by atoms with Gasteiger partial charge in [-0.1, -0.05) is 48.5 Å². The van der Waals surface area contributed by atoms with Crippen molar-refractivity contribution in [1.29, 1.82) is 0 Å². The summed E-state index contributed by atoms with van der Waals surface area (Å²) in [6.45, 7) is 14.8. The lowest BCUT2D eigenvalue weighted by Gasteiger charge is -2.29. The van der Waals surface area contributed by atoms with E-state index in [0.717, 1.165) is 12.8 Å². The van der Waals surface area contributed by atoms with Crippen LogP contribution in [-0.4, -0.2) is 5.78 Å². The van der Waals surface area contributed by atoms with Crippen molar-refractivity contribution in [2.75, 3.05) is 0 Å². The summed E-state index contributed by atoms with van der Waals surface area (Å²) < 4.78 is 0. The van der Waals surface area contributed by atoms with Crippen LogP contribution in [0, 0.1) is 16.7 Å². The Morgan fingerprint density at radius 1 is 1.07 bits per heavy atom. The van der Waals surface area contributed by atoms with Gasteiger partial charge in [-0.25, -0.2) is 0 Å². The van der Waals surface area contributed by atoms with E-state index >= 15 is 0 Å². The first-order valence-corrected chi connectivity index (χ1v) is 5.62. The Morgan fingerprint density at radius 3 is 1.71 bits per heavy atom. The molecule has 0 saturated heterocycles. The lowest BCUT2D eigenvalue weighted by Crippen LogP contribution is -2.30. The van der Waals surface area contributed by atoms with Gasteiger partial charge >= 0.3 is 0 Å². The summed E-state index contributed by atoms with van der Waals surface area (Å²) >= 11 is 0. The first kappa shape index (κ1) is 13.7. The Hall–Kier alpha value is -0.330. The number of hydrogen-bond donors (Lipinski definition) is 0. The fourth-order valence-corrected chi connectivity index (χ4v) is 1.77. The summed E-state index contributed by atoms with van der Waals surface area (Å²) in [6, 6.07) is 0. The Bertz CT molecular complexity index is 190. The zero-order chi connectivity index (χ0) is 11.6. The standard InChI is InChI=1S/C13H26O/c1-8-10(9-12(2,3)4)11(14)13(5,6)7/h10H,8-9H2,1-7H3/t10-/m1/s1. The van der Waals surface area contributed by atoms with Crippen LogP contribution >= 0.6 is 0 Å². The van der Waals surface area contributed by atoms with Gasteiger partial charge < -0.3 is 0 Å². The van der Waals surface area contributed by atoms with Gasteiger partial charge in [0, 0.05) is 11.3 Å². The molecule has 1 heteroatoms. The van der Waals surface area contributed by atoms with Gasteiger partial charge in [0.25, 0.3) is 0 Å². The molecule has 0 aromatic carbocycles. The topological polar surface area (TPSA) is 17.1 Å². The second-order valence-corrected chi connectivity index (χ2v) is 6.48. The molecule has 0 aromatic heterocycles. The summed E-state index contributed by atoms with van der Waals surface area (Å²) in [6.07, 6.45) is 1.97. The molecule has 84 valence electrons. The highest BCUT2D eigenvalue weighted by Crippen LogP contribution is 2.31. The fraction of sp³-hybridized carbons (Fsp3) is 0.923. The average Bonchev–Trinajstić information content (AvgIpc) is 1.95. The molecule has 1 nitrogen and oxygen atoms in total. The maximum Gasteiger partial charge on any atom is 0.141 e. The van der Waals surface area contributed by atoms with Crippen LogP contribution in [-0.2, 0) is 4.79 Å². The first-order chi connectivity index (χ1) is 6.08. The van der Waals surface area contributed by atoms with E-state index in [-0.39, 0.29) is 16.7 Å². The van der Waals surface area contributed by atoms with Crippen molar-refractivity contribution in [3.63, 3.8) is 0 Å². The molecule has 0 aliphatic rings. The quantitative estimate of drug-likeness (QED) is 0.668. The van der Waals surface area contributed by atoms with Crippen LogP contribution in [0.25, 0.3) is 0 Å². The summed E-state index contributed by atoms with van der Waals surface area (Å²) in [5.74, 6) is 0.643. The predicted molar refractivity (Wildman–Crippen MR) is 62.3 cm³/mol. The highest BCUT2D eigenvalue weighted by molar-refractivity contribution is 5.85. The highest BCUT2D eigenvalue weighted by atomic mass is 16.1. The van der Waals surface area contributed by atoms with E-state index in [9.17, 15) is 4.79 Å². The van der Waals surface area contributed by atoms with Crippen molar-refractivity contribution in [2.45, 2.75) is 61.3 Å². The molecule has 0 radical (unpaired) electrons. The van der Waals surface area contributed by atoms with Gasteiger partial charge in [-0.3, -0.25) is 4.79 Å². The number of ketones is 1. The minimum absolute atomic E-state index is 0.189. The van der Waals surface area contributed by atoms with Gasteiger partial charge in [-0.2, -0.15) is 0 Å². The zero-order valence-corrected chi connectivity index (χ0v) is 10.9. The largest absolute Gasteiger partial charge is 0.299 e. The Morgan fingerprint density at radius 2 is 1.50 bits per heavy atom. The molecule has 0 rings (SSSR count). The van der Waals surface area contributed by atoms with E-state index in [1.807, 2.05) is 20.8 Å². The van der Waals surface area contributed by atoms with E-state index in [1.54, 1.807) is 0 Å². The number of carbonyl (C=O) groups excluding carboxylic acids is 1. The minimum atomic E-state index is -0.189. The number of hydrogen-bond acceptors (Lipinski definition) is 1. The van der Waals surface area contributed by atoms with Crippen LogP contribution in [0.15, 0.2) is 0 Å². The van der Waals surface area contributed by atoms with Crippen LogP contribution < -0.4 is 0 Å². The molecule has 14 heavy (non-hydrogen) atoms. The van der Waals surface area contributed by atoms with E-state index in [0.29, 0.717) is 5.78 Å². The molecule has 0 spiro atoms. The van der Waals surface area contributed by atoms with Gasteiger partial charge in [0.05, 0.1) is 0 Å². The lowest BCUT2D eigenvalue weighted by atomic mass is 9.75. The SMILES string of the molecule is CC[C@H](CC(C)(C)C)C(=O)C(C)(C)C. The second kappa shape index (κ2) is 4.46. The lowest BCUT2D eigenvalue weighted by molar-refractivity contribution is -0.131. The molecule has 0 amide bonds. The third-order valence-electron chi connectivity index (χ3n) is 2.46. The summed E-state index contributed by atoms with van der Waals surface area (Å²) in [7, 11) is 0. The zero-order valence-electron chi connectivity index (χ0n) is 10.9. The highest BCUT2D eigenvalue weighted by Gasteiger charge is 2.30. The van der Waals surface area contributed by atoms with Crippen molar-refractivity contribution in [1.82, 2.24) is 0 Å². The molecule has 0 bridgehead atoms. The summed E-state index contributed by atoms with van der Waals surface area (Å²) in [5, 5.41) is 0. The van der Waals surface area contributed by atoms with Crippen LogP contribution in [0.5, 0.6) is 0 Å². The van der Waals surface area contributed by atoms with Crippen molar-refractivity contribution < 1.29 is 4.79 Å². The van der Waals surface area contributed by atoms with Crippen molar-refractivity contribution in [3.05, 3.63) is 0 Å². The predicted octanol–water partition coefficient (Wildman–Crippen LogP) is 4.06. The van der Waals surface area contributed by atoms with Crippen LogP contribution in [0.2, 0.25) is 0 Å². The number of carbonyl (C=O) groups is 1. The van der Waals surface area contributed by atoms with Crippen molar-refractivity contribution in [2.24, 2.45) is 16.7 Å². The molecule has 0 saturated carbocycles. The average molecular weight is 198 g/mol. The van der Waals surface area contributed by atoms with E-state index in [4.69, 9.17) is 0 Å². The molecule has 0 aliphatic heterocycles. The van der Waals surface area contributed by atoms with Crippen molar-refractivity contribution in [3.8, 4) is 0 Å². The van der Waals surface area contributed by atoms with E-state index in [2.05, 4.69) is 27.7 Å². The van der Waals surface area contributed by atoms with Crippen LogP contribution in [0.3, 0.4) is 0 Å². The summed E-state index contributed by atoms with van der Waals surface area (Å²) in [5.41, 5.74) is 0.0630. The monoisotopic (exact) mass is 198 g/mol. The molecule has 1 atom stereocenters. The van der Waals surface area contributed by atoms with Gasteiger partial charge in [0.15, 0.2) is 0 Å². The van der Waals surface area contributed by atoms with E-state index < -0.39 is 0 Å².